The van der Waals surface area contributed by atoms with Gasteiger partial charge in [0.1, 0.15) is 0 Å². The van der Waals surface area contributed by atoms with Crippen molar-refractivity contribution in [3.8, 4) is 0 Å². The second-order valence-corrected chi connectivity index (χ2v) is 0. The Morgan fingerprint density at radius 2 is 0.750 bits per heavy atom. The van der Waals surface area contributed by atoms with Gasteiger partial charge in [0.25, 0.3) is 0 Å². The average molecular weight is 49.9 g/mol. The monoisotopic (exact) mass is 50.0 g/mol. The molecule has 0 aliphatic carbocycles. The summed E-state index contributed by atoms with van der Waals surface area (Å²) in [6.45, 7) is 0. The Labute approximate surface area is 48.2 Å². The van der Waals surface area contributed by atoms with Crippen LogP contribution in [0.5, 0.6) is 0 Å². The van der Waals surface area contributed by atoms with Crippen LogP contribution in [-0.4, -0.2) is 5.48 Å². The van der Waals surface area contributed by atoms with Crippen LogP contribution in [0.3, 0.4) is 0 Å². The summed E-state index contributed by atoms with van der Waals surface area (Å²) in [5.41, 5.74) is 0. The van der Waals surface area contributed by atoms with Gasteiger partial charge in [0, 0.05) is 0 Å². The van der Waals surface area contributed by atoms with E-state index >= 15 is 0 Å². The first kappa shape index (κ1) is 72.1. The SMILES string of the molecule is [F-].[Li+].[Li+].[OH-]. The van der Waals surface area contributed by atoms with E-state index in [1.165, 1.54) is 0 Å². The van der Waals surface area contributed by atoms with Crippen molar-refractivity contribution in [1.29, 1.82) is 0 Å². The van der Waals surface area contributed by atoms with Crippen LogP contribution in [0.15, 0.2) is 0 Å². The molecular weight excluding hydrogens is 48.9 g/mol. The van der Waals surface area contributed by atoms with Gasteiger partial charge in [-0.05, 0) is 0 Å². The maximum Gasteiger partial charge on any atom is 1.00 e. The Morgan fingerprint density at radius 3 is 0.750 bits per heavy atom. The summed E-state index contributed by atoms with van der Waals surface area (Å²) in [6.07, 6.45) is 0. The number of hydrogen-bond donors (Lipinski definition) is 0. The molecule has 0 aromatic carbocycles. The molecule has 0 aliphatic rings. The molecule has 0 aromatic rings. The van der Waals surface area contributed by atoms with Gasteiger partial charge >= 0.3 is 37.7 Å². The Morgan fingerprint density at radius 1 is 0.750 bits per heavy atom. The summed E-state index contributed by atoms with van der Waals surface area (Å²) in [7, 11) is 0. The molecule has 0 heterocycles. The zero-order valence-corrected chi connectivity index (χ0v) is 2.83. The molecule has 0 atom stereocenters. The third-order valence-corrected chi connectivity index (χ3v) is 0. The van der Waals surface area contributed by atoms with E-state index in [4.69, 9.17) is 0 Å². The van der Waals surface area contributed by atoms with Crippen molar-refractivity contribution in [3.05, 3.63) is 0 Å². The summed E-state index contributed by atoms with van der Waals surface area (Å²) in [6, 6.07) is 0. The topological polar surface area (TPSA) is 30.0 Å². The van der Waals surface area contributed by atoms with Crippen molar-refractivity contribution >= 4 is 0 Å². The van der Waals surface area contributed by atoms with Gasteiger partial charge < -0.3 is 10.2 Å². The fraction of sp³-hybridized carbons (Fsp3) is 0. The van der Waals surface area contributed by atoms with Crippen LogP contribution < -0.4 is 42.4 Å². The van der Waals surface area contributed by atoms with E-state index in [0.29, 0.717) is 0 Å². The van der Waals surface area contributed by atoms with Crippen LogP contribution in [-0.2, 0) is 0 Å². The Hall–Kier alpha value is 1.08. The van der Waals surface area contributed by atoms with Crippen molar-refractivity contribution in [2.24, 2.45) is 0 Å². The molecule has 0 bridgehead atoms. The van der Waals surface area contributed by atoms with Gasteiger partial charge in [-0.2, -0.15) is 0 Å². The normalized spacial score (nSPS) is 0. The van der Waals surface area contributed by atoms with Gasteiger partial charge in [-0.1, -0.05) is 0 Å². The van der Waals surface area contributed by atoms with E-state index in [9.17, 15) is 0 Å². The molecule has 1 N–H and O–H groups in total. The van der Waals surface area contributed by atoms with Crippen LogP contribution in [0.4, 0.5) is 0 Å². The fourth-order valence-corrected chi connectivity index (χ4v) is 0. The predicted octanol–water partition coefficient (Wildman–Crippen LogP) is -9.16. The first-order valence-electron chi connectivity index (χ1n) is 0. The van der Waals surface area contributed by atoms with E-state index < -0.39 is 0 Å². The van der Waals surface area contributed by atoms with Gasteiger partial charge in [-0.3, -0.25) is 0 Å². The quantitative estimate of drug-likeness (QED) is 0.251. The summed E-state index contributed by atoms with van der Waals surface area (Å²) in [5, 5.41) is 0. The van der Waals surface area contributed by atoms with Crippen molar-refractivity contribution in [2.45, 2.75) is 0 Å². The second kappa shape index (κ2) is 33.0. The molecule has 16 valence electrons. The Kier molecular flexibility index (Phi) is 595. The molecule has 0 rings (SSSR count). The molecule has 0 radical (unpaired) electrons. The predicted molar refractivity (Wildman–Crippen MR) is 1.94 cm³/mol. The minimum absolute atomic E-state index is 0. The van der Waals surface area contributed by atoms with Gasteiger partial charge in [-0.25, -0.2) is 0 Å². The minimum Gasteiger partial charge on any atom is -1.00 e. The Bertz CT molecular complexity index is 6.00. The van der Waals surface area contributed by atoms with Crippen molar-refractivity contribution in [1.82, 2.24) is 0 Å². The molecule has 0 saturated carbocycles. The van der Waals surface area contributed by atoms with E-state index in [-0.39, 0.29) is 47.9 Å². The molecule has 0 aromatic heterocycles. The van der Waals surface area contributed by atoms with E-state index in [2.05, 4.69) is 0 Å². The fourth-order valence-electron chi connectivity index (χ4n) is 0. The molecule has 0 saturated heterocycles. The van der Waals surface area contributed by atoms with Crippen LogP contribution in [0.25, 0.3) is 0 Å². The molecule has 0 amide bonds. The molecule has 4 heteroatoms. The molecule has 0 unspecified atom stereocenters. The number of rotatable bonds is 0. The maximum absolute atomic E-state index is 0. The first-order chi connectivity index (χ1) is 0. The third-order valence-electron chi connectivity index (χ3n) is 0. The van der Waals surface area contributed by atoms with Gasteiger partial charge in [0.2, 0.25) is 0 Å². The largest absolute Gasteiger partial charge is 1.00 e. The van der Waals surface area contributed by atoms with Crippen molar-refractivity contribution in [2.75, 3.05) is 0 Å². The second-order valence-electron chi connectivity index (χ2n) is 0. The molecular formula is HFLi2O. The molecule has 0 spiro atoms. The van der Waals surface area contributed by atoms with Gasteiger partial charge in [-0.15, -0.1) is 0 Å². The maximum atomic E-state index is 0. The summed E-state index contributed by atoms with van der Waals surface area (Å²) in [4.78, 5) is 0. The van der Waals surface area contributed by atoms with Gasteiger partial charge in [0.05, 0.1) is 0 Å². The average Bonchev–Trinajstić information content (AvgIpc) is 0. The van der Waals surface area contributed by atoms with Crippen LogP contribution in [0.2, 0.25) is 0 Å². The Balaban J connectivity index is 0. The van der Waals surface area contributed by atoms with E-state index in [0.717, 1.165) is 0 Å². The number of hydrogen-bond acceptors (Lipinski definition) is 1. The summed E-state index contributed by atoms with van der Waals surface area (Å²) in [5.74, 6) is 0. The van der Waals surface area contributed by atoms with Crippen LogP contribution in [0, 0.1) is 0 Å². The van der Waals surface area contributed by atoms with Crippen LogP contribution >= 0.6 is 0 Å². The molecule has 1 nitrogen and oxygen atoms in total. The summed E-state index contributed by atoms with van der Waals surface area (Å²) < 4.78 is 0. The molecule has 0 fully saturated rings. The first-order valence-corrected chi connectivity index (χ1v) is 0. The van der Waals surface area contributed by atoms with Crippen molar-refractivity contribution < 1.29 is 47.9 Å². The molecule has 0 aliphatic heterocycles. The summed E-state index contributed by atoms with van der Waals surface area (Å²) >= 11 is 0. The van der Waals surface area contributed by atoms with Gasteiger partial charge in [0.15, 0.2) is 0 Å². The third kappa shape index (κ3) is 11.4. The minimum atomic E-state index is 0. The standard InChI is InChI=1S/FH.2Li.H2O/h1H;;;1H2/q;2*+1;/p-2. The zero-order valence-electron chi connectivity index (χ0n) is 2.83. The zero-order chi connectivity index (χ0) is 0. The van der Waals surface area contributed by atoms with Crippen molar-refractivity contribution in [3.63, 3.8) is 0 Å². The molecule has 4 heavy (non-hydrogen) atoms. The number of halogens is 1. The van der Waals surface area contributed by atoms with E-state index in [1.54, 1.807) is 0 Å². The van der Waals surface area contributed by atoms with Crippen LogP contribution in [0.1, 0.15) is 0 Å². The van der Waals surface area contributed by atoms with E-state index in [1.807, 2.05) is 0 Å². The smallest absolute Gasteiger partial charge is 1.00 e.